The Balaban J connectivity index is 2.18. The first-order chi connectivity index (χ1) is 8.79. The van der Waals surface area contributed by atoms with Crippen molar-refractivity contribution < 1.29 is 9.53 Å². The predicted octanol–water partition coefficient (Wildman–Crippen LogP) is 2.66. The van der Waals surface area contributed by atoms with E-state index in [2.05, 4.69) is 4.98 Å². The number of pyridine rings is 1. The molecule has 2 heterocycles. The summed E-state index contributed by atoms with van der Waals surface area (Å²) in [6, 6.07) is 11.2. The zero-order valence-electron chi connectivity index (χ0n) is 9.96. The summed E-state index contributed by atoms with van der Waals surface area (Å²) in [4.78, 5) is 16.1. The van der Waals surface area contributed by atoms with Crippen LogP contribution in [-0.2, 0) is 4.74 Å². The van der Waals surface area contributed by atoms with Crippen LogP contribution in [0.1, 0.15) is 17.3 Å². The van der Waals surface area contributed by atoms with Gasteiger partial charge in [-0.05, 0) is 37.3 Å². The summed E-state index contributed by atoms with van der Waals surface area (Å²) in [7, 11) is 0. The zero-order chi connectivity index (χ0) is 12.5. The highest BCUT2D eigenvalue weighted by molar-refractivity contribution is 5.94. The lowest BCUT2D eigenvalue weighted by Crippen LogP contribution is -2.04. The molecule has 0 spiro atoms. The predicted molar refractivity (Wildman–Crippen MR) is 68.7 cm³/mol. The molecule has 1 aromatic carbocycles. The maximum atomic E-state index is 11.6. The number of hydrogen-bond acceptors (Lipinski definition) is 3. The first-order valence-corrected chi connectivity index (χ1v) is 5.83. The standard InChI is InChI=1S/C14H12N2O2/c1-2-18-14(17)10-6-7-12-11(9-10)15-13-5-3-4-8-16(12)13/h3-9H,2H2,1H3. The van der Waals surface area contributed by atoms with E-state index in [4.69, 9.17) is 4.74 Å². The second-order valence-corrected chi connectivity index (χ2v) is 3.96. The van der Waals surface area contributed by atoms with Crippen LogP contribution in [0.5, 0.6) is 0 Å². The van der Waals surface area contributed by atoms with Gasteiger partial charge in [0.1, 0.15) is 5.65 Å². The van der Waals surface area contributed by atoms with Crippen molar-refractivity contribution in [2.45, 2.75) is 6.92 Å². The van der Waals surface area contributed by atoms with Crippen molar-refractivity contribution in [3.63, 3.8) is 0 Å². The number of hydrogen-bond donors (Lipinski definition) is 0. The lowest BCUT2D eigenvalue weighted by molar-refractivity contribution is 0.0526. The minimum atomic E-state index is -0.309. The van der Waals surface area contributed by atoms with Crippen LogP contribution in [-0.4, -0.2) is 22.0 Å². The molecule has 0 unspecified atom stereocenters. The summed E-state index contributed by atoms with van der Waals surface area (Å²) in [5.74, 6) is -0.309. The molecule has 90 valence electrons. The number of carbonyl (C=O) groups is 1. The van der Waals surface area contributed by atoms with Crippen molar-refractivity contribution in [1.29, 1.82) is 0 Å². The minimum Gasteiger partial charge on any atom is -0.462 e. The second-order valence-electron chi connectivity index (χ2n) is 3.96. The Labute approximate surface area is 104 Å². The normalized spacial score (nSPS) is 10.9. The van der Waals surface area contributed by atoms with E-state index in [0.717, 1.165) is 16.7 Å². The maximum absolute atomic E-state index is 11.6. The summed E-state index contributed by atoms with van der Waals surface area (Å²) >= 11 is 0. The van der Waals surface area contributed by atoms with Crippen molar-refractivity contribution >= 4 is 22.6 Å². The highest BCUT2D eigenvalue weighted by atomic mass is 16.5. The van der Waals surface area contributed by atoms with Gasteiger partial charge in [-0.3, -0.25) is 4.40 Å². The van der Waals surface area contributed by atoms with E-state index in [1.807, 2.05) is 34.9 Å². The Kier molecular flexibility index (Phi) is 2.48. The van der Waals surface area contributed by atoms with Crippen molar-refractivity contribution in [2.75, 3.05) is 6.61 Å². The van der Waals surface area contributed by atoms with Gasteiger partial charge in [0.15, 0.2) is 0 Å². The number of benzene rings is 1. The van der Waals surface area contributed by atoms with E-state index in [1.54, 1.807) is 19.1 Å². The molecule has 0 atom stereocenters. The van der Waals surface area contributed by atoms with E-state index < -0.39 is 0 Å². The topological polar surface area (TPSA) is 43.6 Å². The third-order valence-electron chi connectivity index (χ3n) is 2.82. The number of fused-ring (bicyclic) bond motifs is 3. The van der Waals surface area contributed by atoms with Crippen molar-refractivity contribution in [3.8, 4) is 0 Å². The van der Waals surface area contributed by atoms with Gasteiger partial charge in [-0.1, -0.05) is 6.07 Å². The SMILES string of the molecule is CCOC(=O)c1ccc2c(c1)nc1ccccn12. The van der Waals surface area contributed by atoms with E-state index >= 15 is 0 Å². The summed E-state index contributed by atoms with van der Waals surface area (Å²) in [5.41, 5.74) is 3.19. The molecule has 0 amide bonds. The fourth-order valence-corrected chi connectivity index (χ4v) is 2.01. The van der Waals surface area contributed by atoms with E-state index in [0.29, 0.717) is 12.2 Å². The second kappa shape index (κ2) is 4.14. The minimum absolute atomic E-state index is 0.309. The summed E-state index contributed by atoms with van der Waals surface area (Å²) in [6.07, 6.45) is 1.95. The molecule has 4 nitrogen and oxygen atoms in total. The quantitative estimate of drug-likeness (QED) is 0.647. The third-order valence-corrected chi connectivity index (χ3v) is 2.82. The fourth-order valence-electron chi connectivity index (χ4n) is 2.01. The number of nitrogens with zero attached hydrogens (tertiary/aromatic N) is 2. The molecule has 2 aromatic heterocycles. The lowest BCUT2D eigenvalue weighted by Gasteiger charge is -2.01. The molecule has 3 rings (SSSR count). The van der Waals surface area contributed by atoms with Gasteiger partial charge in [0.25, 0.3) is 0 Å². The monoisotopic (exact) mass is 240 g/mol. The van der Waals surface area contributed by atoms with Crippen LogP contribution in [0.25, 0.3) is 16.7 Å². The average molecular weight is 240 g/mol. The van der Waals surface area contributed by atoms with E-state index in [-0.39, 0.29) is 5.97 Å². The molecular weight excluding hydrogens is 228 g/mol. The zero-order valence-corrected chi connectivity index (χ0v) is 9.96. The molecule has 3 aromatic rings. The Morgan fingerprint density at radius 2 is 2.22 bits per heavy atom. The molecule has 0 radical (unpaired) electrons. The molecular formula is C14H12N2O2. The molecule has 0 bridgehead atoms. The van der Waals surface area contributed by atoms with Crippen LogP contribution in [0.2, 0.25) is 0 Å². The smallest absolute Gasteiger partial charge is 0.338 e. The highest BCUT2D eigenvalue weighted by Crippen LogP contribution is 2.18. The Morgan fingerprint density at radius 1 is 1.33 bits per heavy atom. The first kappa shape index (κ1) is 10.8. The molecule has 0 aliphatic rings. The van der Waals surface area contributed by atoms with Crippen LogP contribution < -0.4 is 0 Å². The van der Waals surface area contributed by atoms with Crippen LogP contribution >= 0.6 is 0 Å². The lowest BCUT2D eigenvalue weighted by atomic mass is 10.2. The number of imidazole rings is 1. The van der Waals surface area contributed by atoms with Crippen LogP contribution in [0, 0.1) is 0 Å². The van der Waals surface area contributed by atoms with E-state index in [9.17, 15) is 4.79 Å². The Morgan fingerprint density at radius 3 is 3.06 bits per heavy atom. The van der Waals surface area contributed by atoms with Gasteiger partial charge in [0.2, 0.25) is 0 Å². The Bertz CT molecular complexity index is 731. The number of aromatic nitrogens is 2. The van der Waals surface area contributed by atoms with Gasteiger partial charge < -0.3 is 4.74 Å². The summed E-state index contributed by atoms with van der Waals surface area (Å²) in [6.45, 7) is 2.17. The molecule has 0 N–H and O–H groups in total. The largest absolute Gasteiger partial charge is 0.462 e. The number of carbonyl (C=O) groups excluding carboxylic acids is 1. The average Bonchev–Trinajstić information content (AvgIpc) is 2.76. The first-order valence-electron chi connectivity index (χ1n) is 5.83. The molecule has 18 heavy (non-hydrogen) atoms. The Hall–Kier alpha value is -2.36. The highest BCUT2D eigenvalue weighted by Gasteiger charge is 2.10. The van der Waals surface area contributed by atoms with Gasteiger partial charge >= 0.3 is 5.97 Å². The fraction of sp³-hybridized carbons (Fsp3) is 0.143. The van der Waals surface area contributed by atoms with Gasteiger partial charge in [0.05, 0.1) is 23.2 Å². The number of rotatable bonds is 2. The molecule has 0 aliphatic heterocycles. The summed E-state index contributed by atoms with van der Waals surface area (Å²) in [5, 5.41) is 0. The van der Waals surface area contributed by atoms with Crippen LogP contribution in [0.3, 0.4) is 0 Å². The van der Waals surface area contributed by atoms with Crippen molar-refractivity contribution in [3.05, 3.63) is 48.2 Å². The van der Waals surface area contributed by atoms with Gasteiger partial charge in [-0.15, -0.1) is 0 Å². The molecule has 0 fully saturated rings. The molecule has 0 saturated carbocycles. The third kappa shape index (κ3) is 1.62. The van der Waals surface area contributed by atoms with Gasteiger partial charge in [-0.25, -0.2) is 9.78 Å². The molecule has 4 heteroatoms. The van der Waals surface area contributed by atoms with Crippen molar-refractivity contribution in [1.82, 2.24) is 9.38 Å². The number of esters is 1. The van der Waals surface area contributed by atoms with E-state index in [1.165, 1.54) is 0 Å². The summed E-state index contributed by atoms with van der Waals surface area (Å²) < 4.78 is 6.97. The van der Waals surface area contributed by atoms with Gasteiger partial charge in [-0.2, -0.15) is 0 Å². The van der Waals surface area contributed by atoms with Crippen LogP contribution in [0.15, 0.2) is 42.6 Å². The van der Waals surface area contributed by atoms with Gasteiger partial charge in [0, 0.05) is 6.20 Å². The maximum Gasteiger partial charge on any atom is 0.338 e. The number of ether oxygens (including phenoxy) is 1. The van der Waals surface area contributed by atoms with Crippen LogP contribution in [0.4, 0.5) is 0 Å². The molecule has 0 aliphatic carbocycles. The van der Waals surface area contributed by atoms with Crippen molar-refractivity contribution in [2.24, 2.45) is 0 Å². The molecule has 0 saturated heterocycles.